The van der Waals surface area contributed by atoms with Crippen molar-refractivity contribution in [3.05, 3.63) is 55.7 Å². The van der Waals surface area contributed by atoms with Gasteiger partial charge in [-0.25, -0.2) is 0 Å². The maximum Gasteiger partial charge on any atom is 0.253 e. The predicted octanol–water partition coefficient (Wildman–Crippen LogP) is 3.95. The fourth-order valence-corrected chi connectivity index (χ4v) is 3.82. The number of carbonyl (C=O) groups is 1. The molecular formula is C14H11Cl2NOS. The van der Waals surface area contributed by atoms with E-state index in [0.29, 0.717) is 15.6 Å². The lowest BCUT2D eigenvalue weighted by atomic mass is 10.1. The first-order chi connectivity index (χ1) is 9.13. The average molecular weight is 312 g/mol. The number of fused-ring (bicyclic) bond motifs is 1. The van der Waals surface area contributed by atoms with Crippen molar-refractivity contribution < 1.29 is 4.79 Å². The molecule has 5 heteroatoms. The Morgan fingerprint density at radius 2 is 2.11 bits per heavy atom. The van der Waals surface area contributed by atoms with Crippen LogP contribution < -0.4 is 5.32 Å². The van der Waals surface area contributed by atoms with E-state index in [0.717, 1.165) is 12.8 Å². The molecule has 0 radical (unpaired) electrons. The number of nitrogens with one attached hydrogen (secondary N) is 1. The molecule has 2 nitrogen and oxygen atoms in total. The minimum atomic E-state index is -0.137. The molecular weight excluding hydrogens is 301 g/mol. The SMILES string of the molecule is O=C(NC1Cc2ccsc2C1)c1ccc(Cl)cc1Cl. The minimum absolute atomic E-state index is 0.137. The molecule has 0 aliphatic heterocycles. The first kappa shape index (κ1) is 13.0. The summed E-state index contributed by atoms with van der Waals surface area (Å²) in [5.74, 6) is -0.137. The molecule has 1 aliphatic carbocycles. The summed E-state index contributed by atoms with van der Waals surface area (Å²) in [5.41, 5.74) is 1.82. The van der Waals surface area contributed by atoms with E-state index >= 15 is 0 Å². The Morgan fingerprint density at radius 1 is 1.26 bits per heavy atom. The zero-order valence-electron chi connectivity index (χ0n) is 9.95. The number of thiophene rings is 1. The van der Waals surface area contributed by atoms with Gasteiger partial charge in [-0.3, -0.25) is 4.79 Å². The van der Waals surface area contributed by atoms with E-state index in [1.165, 1.54) is 10.4 Å². The third-order valence-electron chi connectivity index (χ3n) is 3.25. The zero-order valence-corrected chi connectivity index (χ0v) is 12.3. The van der Waals surface area contributed by atoms with Crippen LogP contribution in [0.5, 0.6) is 0 Å². The number of hydrogen-bond acceptors (Lipinski definition) is 2. The molecule has 1 N–H and O–H groups in total. The van der Waals surface area contributed by atoms with Crippen molar-refractivity contribution in [3.8, 4) is 0 Å². The standard InChI is InChI=1S/C14H11Cl2NOS/c15-9-1-2-11(12(16)6-9)14(18)17-10-5-8-3-4-19-13(8)7-10/h1-4,6,10H,5,7H2,(H,17,18). The molecule has 1 aromatic carbocycles. The molecule has 1 aromatic heterocycles. The molecule has 1 unspecified atom stereocenters. The molecule has 1 heterocycles. The fraction of sp³-hybridized carbons (Fsp3) is 0.214. The van der Waals surface area contributed by atoms with E-state index in [2.05, 4.69) is 16.8 Å². The van der Waals surface area contributed by atoms with Crippen molar-refractivity contribution in [2.45, 2.75) is 18.9 Å². The molecule has 1 atom stereocenters. The van der Waals surface area contributed by atoms with Crippen LogP contribution in [0, 0.1) is 0 Å². The monoisotopic (exact) mass is 311 g/mol. The van der Waals surface area contributed by atoms with Crippen LogP contribution >= 0.6 is 34.5 Å². The molecule has 0 spiro atoms. The molecule has 0 saturated heterocycles. The Balaban J connectivity index is 1.71. The van der Waals surface area contributed by atoms with Crippen molar-refractivity contribution >= 4 is 40.4 Å². The third kappa shape index (κ3) is 2.64. The van der Waals surface area contributed by atoms with Gasteiger partial charge in [0.1, 0.15) is 0 Å². The van der Waals surface area contributed by atoms with Gasteiger partial charge in [-0.15, -0.1) is 11.3 Å². The molecule has 1 amide bonds. The summed E-state index contributed by atoms with van der Waals surface area (Å²) in [5, 5.41) is 6.04. The first-order valence-corrected chi connectivity index (χ1v) is 7.58. The summed E-state index contributed by atoms with van der Waals surface area (Å²) in [4.78, 5) is 13.5. The highest BCUT2D eigenvalue weighted by Gasteiger charge is 2.24. The number of amides is 1. The van der Waals surface area contributed by atoms with E-state index in [1.54, 1.807) is 29.5 Å². The van der Waals surface area contributed by atoms with Gasteiger partial charge in [0.05, 0.1) is 10.6 Å². The van der Waals surface area contributed by atoms with Crippen LogP contribution in [-0.2, 0) is 12.8 Å². The summed E-state index contributed by atoms with van der Waals surface area (Å²) < 4.78 is 0. The van der Waals surface area contributed by atoms with Gasteiger partial charge in [0, 0.05) is 22.4 Å². The van der Waals surface area contributed by atoms with Gasteiger partial charge in [0.15, 0.2) is 0 Å². The number of hydrogen-bond donors (Lipinski definition) is 1. The number of rotatable bonds is 2. The molecule has 3 rings (SSSR count). The summed E-state index contributed by atoms with van der Waals surface area (Å²) in [7, 11) is 0. The van der Waals surface area contributed by atoms with E-state index in [4.69, 9.17) is 23.2 Å². The number of halogens is 2. The summed E-state index contributed by atoms with van der Waals surface area (Å²) >= 11 is 13.6. The maximum absolute atomic E-state index is 12.2. The lowest BCUT2D eigenvalue weighted by Gasteiger charge is -2.13. The first-order valence-electron chi connectivity index (χ1n) is 5.94. The van der Waals surface area contributed by atoms with Crippen LogP contribution in [0.25, 0.3) is 0 Å². The Hall–Kier alpha value is -1.03. The highest BCUT2D eigenvalue weighted by molar-refractivity contribution is 7.10. The Labute approximate surface area is 125 Å². The van der Waals surface area contributed by atoms with Gasteiger partial charge in [0.2, 0.25) is 0 Å². The summed E-state index contributed by atoms with van der Waals surface area (Å²) in [6.07, 6.45) is 1.81. The Morgan fingerprint density at radius 3 is 2.84 bits per heavy atom. The molecule has 0 saturated carbocycles. The Kier molecular flexibility index (Phi) is 3.52. The van der Waals surface area contributed by atoms with Crippen molar-refractivity contribution in [2.75, 3.05) is 0 Å². The van der Waals surface area contributed by atoms with Gasteiger partial charge in [-0.1, -0.05) is 23.2 Å². The van der Waals surface area contributed by atoms with Crippen LogP contribution in [0.1, 0.15) is 20.8 Å². The largest absolute Gasteiger partial charge is 0.349 e. The van der Waals surface area contributed by atoms with E-state index in [9.17, 15) is 4.79 Å². The van der Waals surface area contributed by atoms with Crippen LogP contribution in [0.15, 0.2) is 29.6 Å². The molecule has 98 valence electrons. The summed E-state index contributed by atoms with van der Waals surface area (Å²) in [6.45, 7) is 0. The van der Waals surface area contributed by atoms with Crippen molar-refractivity contribution in [3.63, 3.8) is 0 Å². The van der Waals surface area contributed by atoms with Crippen molar-refractivity contribution in [2.24, 2.45) is 0 Å². The zero-order chi connectivity index (χ0) is 13.4. The topological polar surface area (TPSA) is 29.1 Å². The molecule has 2 aromatic rings. The molecule has 19 heavy (non-hydrogen) atoms. The van der Waals surface area contributed by atoms with Gasteiger partial charge in [-0.2, -0.15) is 0 Å². The highest BCUT2D eigenvalue weighted by Crippen LogP contribution is 2.28. The van der Waals surface area contributed by atoms with Crippen LogP contribution in [0.4, 0.5) is 0 Å². The van der Waals surface area contributed by atoms with Crippen molar-refractivity contribution in [1.82, 2.24) is 5.32 Å². The lowest BCUT2D eigenvalue weighted by Crippen LogP contribution is -2.35. The molecule has 1 aliphatic rings. The maximum atomic E-state index is 12.2. The van der Waals surface area contributed by atoms with Gasteiger partial charge in [0.25, 0.3) is 5.91 Å². The normalized spacial score (nSPS) is 17.3. The van der Waals surface area contributed by atoms with E-state index < -0.39 is 0 Å². The highest BCUT2D eigenvalue weighted by atomic mass is 35.5. The smallest absolute Gasteiger partial charge is 0.253 e. The Bertz CT molecular complexity index is 618. The van der Waals surface area contributed by atoms with Gasteiger partial charge < -0.3 is 5.32 Å². The van der Waals surface area contributed by atoms with E-state index in [1.807, 2.05) is 0 Å². The fourth-order valence-electron chi connectivity index (χ4n) is 2.33. The second kappa shape index (κ2) is 5.16. The third-order valence-corrected chi connectivity index (χ3v) is 4.78. The summed E-state index contributed by atoms with van der Waals surface area (Å²) in [6, 6.07) is 7.21. The van der Waals surface area contributed by atoms with Gasteiger partial charge >= 0.3 is 0 Å². The van der Waals surface area contributed by atoms with Gasteiger partial charge in [-0.05, 0) is 41.6 Å². The molecule has 0 bridgehead atoms. The second-order valence-corrected chi connectivity index (χ2v) is 6.42. The lowest BCUT2D eigenvalue weighted by molar-refractivity contribution is 0.0939. The second-order valence-electron chi connectivity index (χ2n) is 4.57. The predicted molar refractivity (Wildman–Crippen MR) is 79.4 cm³/mol. The van der Waals surface area contributed by atoms with Crippen LogP contribution in [-0.4, -0.2) is 11.9 Å². The van der Waals surface area contributed by atoms with Crippen molar-refractivity contribution in [1.29, 1.82) is 0 Å². The van der Waals surface area contributed by atoms with E-state index in [-0.39, 0.29) is 11.9 Å². The van der Waals surface area contributed by atoms with Crippen LogP contribution in [0.3, 0.4) is 0 Å². The average Bonchev–Trinajstić information content (AvgIpc) is 2.89. The quantitative estimate of drug-likeness (QED) is 0.894. The number of benzene rings is 1. The van der Waals surface area contributed by atoms with Crippen LogP contribution in [0.2, 0.25) is 10.0 Å². The number of carbonyl (C=O) groups excluding carboxylic acids is 1. The minimum Gasteiger partial charge on any atom is -0.349 e. The molecule has 0 fully saturated rings.